The third-order valence-electron chi connectivity index (χ3n) is 4.92. The van der Waals surface area contributed by atoms with Crippen molar-refractivity contribution < 1.29 is 0 Å². The van der Waals surface area contributed by atoms with Crippen LogP contribution < -0.4 is 5.73 Å². The summed E-state index contributed by atoms with van der Waals surface area (Å²) < 4.78 is 1.95. The number of aryl methyl sites for hydroxylation is 1. The van der Waals surface area contributed by atoms with E-state index in [-0.39, 0.29) is 0 Å². The first-order chi connectivity index (χ1) is 9.69. The van der Waals surface area contributed by atoms with Crippen molar-refractivity contribution in [3.8, 4) is 0 Å². The first-order valence-corrected chi connectivity index (χ1v) is 7.84. The average molecular weight is 277 g/mol. The molecule has 0 aromatic carbocycles. The molecule has 3 rings (SSSR count). The Balaban J connectivity index is 1.61. The van der Waals surface area contributed by atoms with Crippen molar-refractivity contribution in [1.29, 1.82) is 0 Å². The molecule has 2 heterocycles. The zero-order valence-corrected chi connectivity index (χ0v) is 12.8. The molecule has 1 unspecified atom stereocenters. The first kappa shape index (κ1) is 14.0. The van der Waals surface area contributed by atoms with E-state index in [0.29, 0.717) is 12.6 Å². The van der Waals surface area contributed by atoms with Crippen LogP contribution in [0.1, 0.15) is 30.1 Å². The summed E-state index contributed by atoms with van der Waals surface area (Å²) in [5.41, 5.74) is 8.58. The van der Waals surface area contributed by atoms with Crippen molar-refractivity contribution >= 4 is 0 Å². The maximum absolute atomic E-state index is 6.05. The van der Waals surface area contributed by atoms with Crippen LogP contribution in [0.4, 0.5) is 0 Å². The van der Waals surface area contributed by atoms with Gasteiger partial charge in [-0.3, -0.25) is 9.58 Å². The van der Waals surface area contributed by atoms with Gasteiger partial charge >= 0.3 is 0 Å². The molecule has 2 aliphatic rings. The number of nitrogens with zero attached hydrogens (tertiary/aromatic N) is 4. The zero-order valence-electron chi connectivity index (χ0n) is 12.8. The lowest BCUT2D eigenvalue weighted by Crippen LogP contribution is -2.49. The molecule has 1 aliphatic carbocycles. The molecule has 0 amide bonds. The van der Waals surface area contributed by atoms with Crippen LogP contribution in [0.5, 0.6) is 0 Å². The molecule has 0 bridgehead atoms. The lowest BCUT2D eigenvalue weighted by Gasteiger charge is -2.39. The molecule has 1 aromatic heterocycles. The predicted molar refractivity (Wildman–Crippen MR) is 80.5 cm³/mol. The zero-order chi connectivity index (χ0) is 14.1. The van der Waals surface area contributed by atoms with Crippen LogP contribution in [0.3, 0.4) is 0 Å². The molecular weight excluding hydrogens is 250 g/mol. The summed E-state index contributed by atoms with van der Waals surface area (Å²) in [6.45, 7) is 8.75. The average Bonchev–Trinajstić information content (AvgIpc) is 3.22. The van der Waals surface area contributed by atoms with E-state index < -0.39 is 0 Å². The lowest BCUT2D eigenvalue weighted by atomic mass is 10.1. The summed E-state index contributed by atoms with van der Waals surface area (Å²) in [6.07, 6.45) is 4.88. The van der Waals surface area contributed by atoms with Crippen LogP contribution in [0.25, 0.3) is 0 Å². The highest BCUT2D eigenvalue weighted by Crippen LogP contribution is 2.30. The van der Waals surface area contributed by atoms with Gasteiger partial charge in [0.05, 0.1) is 12.2 Å². The molecule has 5 nitrogen and oxygen atoms in total. The minimum absolute atomic E-state index is 0.326. The van der Waals surface area contributed by atoms with E-state index >= 15 is 0 Å². The van der Waals surface area contributed by atoms with Crippen LogP contribution in [-0.2, 0) is 7.05 Å². The minimum atomic E-state index is 0.326. The molecule has 2 N–H and O–H groups in total. The number of nitrogens with two attached hydrogens (primary N) is 1. The highest BCUT2D eigenvalue weighted by atomic mass is 15.3. The van der Waals surface area contributed by atoms with Gasteiger partial charge in [0.1, 0.15) is 0 Å². The Morgan fingerprint density at radius 2 is 2.00 bits per heavy atom. The minimum Gasteiger partial charge on any atom is -0.329 e. The van der Waals surface area contributed by atoms with Crippen LogP contribution in [0.15, 0.2) is 6.20 Å². The monoisotopic (exact) mass is 277 g/mol. The van der Waals surface area contributed by atoms with Crippen molar-refractivity contribution in [2.24, 2.45) is 18.7 Å². The third-order valence-corrected chi connectivity index (χ3v) is 4.92. The second-order valence-corrected chi connectivity index (χ2v) is 6.34. The third kappa shape index (κ3) is 2.90. The standard InChI is InChI=1S/C15H27N5/c1-12-14(10-17-18(12)2)15(9-16)20-7-5-19(6-8-20)11-13-3-4-13/h10,13,15H,3-9,11,16H2,1-2H3. The quantitative estimate of drug-likeness (QED) is 0.863. The van der Waals surface area contributed by atoms with E-state index in [9.17, 15) is 0 Å². The van der Waals surface area contributed by atoms with Gasteiger partial charge in [-0.25, -0.2) is 0 Å². The van der Waals surface area contributed by atoms with Gasteiger partial charge in [-0.15, -0.1) is 0 Å². The second-order valence-electron chi connectivity index (χ2n) is 6.34. The van der Waals surface area contributed by atoms with Gasteiger partial charge in [-0.2, -0.15) is 5.10 Å². The predicted octanol–water partition coefficient (Wildman–Crippen LogP) is 0.756. The maximum Gasteiger partial charge on any atom is 0.0540 e. The summed E-state index contributed by atoms with van der Waals surface area (Å²) in [5.74, 6) is 0.993. The summed E-state index contributed by atoms with van der Waals surface area (Å²) in [7, 11) is 2.00. The Morgan fingerprint density at radius 1 is 1.30 bits per heavy atom. The van der Waals surface area contributed by atoms with Crippen LogP contribution in [-0.4, -0.2) is 58.8 Å². The lowest BCUT2D eigenvalue weighted by molar-refractivity contribution is 0.0953. The van der Waals surface area contributed by atoms with Gasteiger partial charge in [0.25, 0.3) is 0 Å². The Labute approximate surface area is 121 Å². The van der Waals surface area contributed by atoms with Crippen molar-refractivity contribution in [2.75, 3.05) is 39.3 Å². The number of rotatable bonds is 5. The molecule has 1 aliphatic heterocycles. The highest BCUT2D eigenvalue weighted by molar-refractivity contribution is 5.21. The molecule has 1 atom stereocenters. The topological polar surface area (TPSA) is 50.3 Å². The molecule has 1 aromatic rings. The van der Waals surface area contributed by atoms with Crippen LogP contribution in [0.2, 0.25) is 0 Å². The maximum atomic E-state index is 6.05. The Morgan fingerprint density at radius 3 is 2.50 bits per heavy atom. The van der Waals surface area contributed by atoms with Gasteiger partial charge in [0.15, 0.2) is 0 Å². The number of piperazine rings is 1. The fraction of sp³-hybridized carbons (Fsp3) is 0.800. The molecule has 2 fully saturated rings. The SMILES string of the molecule is Cc1c(C(CN)N2CCN(CC3CC3)CC2)cnn1C. The molecular formula is C15H27N5. The molecule has 112 valence electrons. The van der Waals surface area contributed by atoms with E-state index in [2.05, 4.69) is 21.8 Å². The van der Waals surface area contributed by atoms with Crippen molar-refractivity contribution in [2.45, 2.75) is 25.8 Å². The fourth-order valence-electron chi connectivity index (χ4n) is 3.24. The van der Waals surface area contributed by atoms with E-state index in [1.54, 1.807) is 0 Å². The summed E-state index contributed by atoms with van der Waals surface area (Å²) in [6, 6.07) is 0.326. The molecule has 20 heavy (non-hydrogen) atoms. The van der Waals surface area contributed by atoms with E-state index in [1.165, 1.54) is 43.7 Å². The Kier molecular flexibility index (Phi) is 4.10. The second kappa shape index (κ2) is 5.84. The summed E-state index contributed by atoms with van der Waals surface area (Å²) >= 11 is 0. The first-order valence-electron chi connectivity index (χ1n) is 7.84. The molecule has 5 heteroatoms. The smallest absolute Gasteiger partial charge is 0.0540 e. The van der Waals surface area contributed by atoms with E-state index in [4.69, 9.17) is 5.73 Å². The number of hydrogen-bond acceptors (Lipinski definition) is 4. The molecule has 0 spiro atoms. The molecule has 1 saturated carbocycles. The van der Waals surface area contributed by atoms with E-state index in [1.807, 2.05) is 17.9 Å². The summed E-state index contributed by atoms with van der Waals surface area (Å²) in [5, 5.41) is 4.37. The van der Waals surface area contributed by atoms with Gasteiger partial charge in [-0.05, 0) is 25.7 Å². The highest BCUT2D eigenvalue weighted by Gasteiger charge is 2.29. The Hall–Kier alpha value is -0.910. The largest absolute Gasteiger partial charge is 0.329 e. The molecule has 0 radical (unpaired) electrons. The van der Waals surface area contributed by atoms with Gasteiger partial charge in [0, 0.05) is 57.6 Å². The number of aromatic nitrogens is 2. The van der Waals surface area contributed by atoms with Crippen molar-refractivity contribution in [3.05, 3.63) is 17.5 Å². The van der Waals surface area contributed by atoms with Gasteiger partial charge < -0.3 is 10.6 Å². The Bertz CT molecular complexity index is 443. The fourth-order valence-corrected chi connectivity index (χ4v) is 3.24. The number of hydrogen-bond donors (Lipinski definition) is 1. The van der Waals surface area contributed by atoms with Gasteiger partial charge in [0.2, 0.25) is 0 Å². The van der Waals surface area contributed by atoms with Crippen molar-refractivity contribution in [1.82, 2.24) is 19.6 Å². The van der Waals surface area contributed by atoms with Crippen LogP contribution in [0, 0.1) is 12.8 Å². The van der Waals surface area contributed by atoms with Gasteiger partial charge in [-0.1, -0.05) is 0 Å². The van der Waals surface area contributed by atoms with Crippen molar-refractivity contribution in [3.63, 3.8) is 0 Å². The normalized spacial score (nSPS) is 23.1. The van der Waals surface area contributed by atoms with Crippen LogP contribution >= 0.6 is 0 Å². The molecule has 1 saturated heterocycles. The summed E-state index contributed by atoms with van der Waals surface area (Å²) in [4.78, 5) is 5.16. The van der Waals surface area contributed by atoms with E-state index in [0.717, 1.165) is 19.0 Å².